The quantitative estimate of drug-likeness (QED) is 0.783. The van der Waals surface area contributed by atoms with Crippen molar-refractivity contribution in [1.29, 1.82) is 0 Å². The van der Waals surface area contributed by atoms with Crippen LogP contribution in [0.3, 0.4) is 0 Å². The summed E-state index contributed by atoms with van der Waals surface area (Å²) in [6.45, 7) is 5.03. The molecule has 6 heteroatoms. The molecule has 136 valence electrons. The van der Waals surface area contributed by atoms with Gasteiger partial charge in [0.15, 0.2) is 0 Å². The SMILES string of the molecule is Cc1cc(C[C@H]2COC[C@H]2NC(=O)c2c(C)c3ccccc3n2C)on1. The van der Waals surface area contributed by atoms with E-state index >= 15 is 0 Å². The molecule has 26 heavy (non-hydrogen) atoms. The van der Waals surface area contributed by atoms with Gasteiger partial charge in [0.2, 0.25) is 0 Å². The average Bonchev–Trinajstić information content (AvgIpc) is 3.29. The first-order valence-corrected chi connectivity index (χ1v) is 8.89. The van der Waals surface area contributed by atoms with E-state index in [0.29, 0.717) is 25.3 Å². The van der Waals surface area contributed by atoms with Gasteiger partial charge in [-0.1, -0.05) is 23.4 Å². The van der Waals surface area contributed by atoms with Crippen LogP contribution < -0.4 is 5.32 Å². The van der Waals surface area contributed by atoms with Crippen LogP contribution in [0.1, 0.15) is 27.5 Å². The normalized spacial score (nSPS) is 20.0. The van der Waals surface area contributed by atoms with E-state index in [0.717, 1.165) is 27.9 Å². The molecule has 1 aliphatic rings. The molecule has 1 aromatic carbocycles. The van der Waals surface area contributed by atoms with Gasteiger partial charge in [0.1, 0.15) is 11.5 Å². The summed E-state index contributed by atoms with van der Waals surface area (Å²) in [5.41, 5.74) is 3.63. The van der Waals surface area contributed by atoms with Crippen LogP contribution >= 0.6 is 0 Å². The highest BCUT2D eigenvalue weighted by Crippen LogP contribution is 2.25. The van der Waals surface area contributed by atoms with E-state index in [1.165, 1.54) is 0 Å². The first-order valence-electron chi connectivity index (χ1n) is 8.89. The molecule has 0 aliphatic carbocycles. The lowest BCUT2D eigenvalue weighted by molar-refractivity contribution is 0.0916. The number of aromatic nitrogens is 2. The second-order valence-corrected chi connectivity index (χ2v) is 7.07. The zero-order valence-corrected chi connectivity index (χ0v) is 15.3. The van der Waals surface area contributed by atoms with Gasteiger partial charge in [0, 0.05) is 36.4 Å². The third-order valence-corrected chi connectivity index (χ3v) is 5.23. The second-order valence-electron chi connectivity index (χ2n) is 7.07. The largest absolute Gasteiger partial charge is 0.379 e. The number of hydrogen-bond acceptors (Lipinski definition) is 4. The minimum Gasteiger partial charge on any atom is -0.379 e. The first kappa shape index (κ1) is 16.8. The summed E-state index contributed by atoms with van der Waals surface area (Å²) < 4.78 is 12.9. The third kappa shape index (κ3) is 2.90. The number of benzene rings is 1. The first-order chi connectivity index (χ1) is 12.5. The molecule has 2 aromatic heterocycles. The van der Waals surface area contributed by atoms with E-state index in [9.17, 15) is 4.79 Å². The van der Waals surface area contributed by atoms with Crippen LogP contribution in [0, 0.1) is 19.8 Å². The molecule has 6 nitrogen and oxygen atoms in total. The van der Waals surface area contributed by atoms with Crippen LogP contribution in [-0.4, -0.2) is 34.9 Å². The Morgan fingerprint density at radius 1 is 1.31 bits per heavy atom. The fourth-order valence-electron chi connectivity index (χ4n) is 3.87. The number of amides is 1. The van der Waals surface area contributed by atoms with Gasteiger partial charge in [-0.15, -0.1) is 0 Å². The predicted octanol–water partition coefficient (Wildman–Crippen LogP) is 2.77. The van der Waals surface area contributed by atoms with Crippen LogP contribution in [0.2, 0.25) is 0 Å². The van der Waals surface area contributed by atoms with Gasteiger partial charge >= 0.3 is 0 Å². The Balaban J connectivity index is 1.54. The number of hydrogen-bond donors (Lipinski definition) is 1. The van der Waals surface area contributed by atoms with Crippen molar-refractivity contribution in [1.82, 2.24) is 15.0 Å². The molecule has 3 heterocycles. The van der Waals surface area contributed by atoms with Gasteiger partial charge in [0.25, 0.3) is 5.91 Å². The Morgan fingerprint density at radius 2 is 2.12 bits per heavy atom. The lowest BCUT2D eigenvalue weighted by Gasteiger charge is -2.18. The summed E-state index contributed by atoms with van der Waals surface area (Å²) in [7, 11) is 1.93. The van der Waals surface area contributed by atoms with Crippen molar-refractivity contribution in [3.63, 3.8) is 0 Å². The molecule has 1 fully saturated rings. The molecule has 0 radical (unpaired) electrons. The molecular formula is C20H23N3O3. The Kier molecular flexibility index (Phi) is 4.28. The van der Waals surface area contributed by atoms with Crippen molar-refractivity contribution >= 4 is 16.8 Å². The molecule has 1 amide bonds. The number of nitrogens with one attached hydrogen (secondary N) is 1. The van der Waals surface area contributed by atoms with Crippen LogP contribution in [0.4, 0.5) is 0 Å². The Hall–Kier alpha value is -2.60. The van der Waals surface area contributed by atoms with Crippen LogP contribution in [0.5, 0.6) is 0 Å². The minimum atomic E-state index is -0.0598. The summed E-state index contributed by atoms with van der Waals surface area (Å²) >= 11 is 0. The van der Waals surface area contributed by atoms with E-state index in [-0.39, 0.29) is 17.9 Å². The Morgan fingerprint density at radius 3 is 2.85 bits per heavy atom. The van der Waals surface area contributed by atoms with Gasteiger partial charge in [-0.2, -0.15) is 0 Å². The van der Waals surface area contributed by atoms with E-state index in [2.05, 4.69) is 16.5 Å². The Bertz CT molecular complexity index is 918. The van der Waals surface area contributed by atoms with Gasteiger partial charge in [0.05, 0.1) is 24.9 Å². The standard InChI is InChI=1S/C20H23N3O3/c1-12-8-15(26-22-12)9-14-10-25-11-17(14)21-20(24)19-13(2)16-6-4-5-7-18(16)23(19)3/h4-8,14,17H,9-11H2,1-3H3,(H,21,24)/t14-,17+/m0/s1. The fraction of sp³-hybridized carbons (Fsp3) is 0.400. The van der Waals surface area contributed by atoms with Gasteiger partial charge < -0.3 is 19.1 Å². The number of carbonyl (C=O) groups excluding carboxylic acids is 1. The fourth-order valence-corrected chi connectivity index (χ4v) is 3.87. The number of rotatable bonds is 4. The summed E-state index contributed by atoms with van der Waals surface area (Å²) in [6, 6.07) is 9.97. The summed E-state index contributed by atoms with van der Waals surface area (Å²) in [4.78, 5) is 13.0. The number of aryl methyl sites for hydroxylation is 3. The van der Waals surface area contributed by atoms with Crippen LogP contribution in [0.15, 0.2) is 34.9 Å². The summed E-state index contributed by atoms with van der Waals surface area (Å²) in [5, 5.41) is 8.21. The zero-order valence-electron chi connectivity index (χ0n) is 15.3. The molecule has 4 rings (SSSR count). The second kappa shape index (κ2) is 6.61. The van der Waals surface area contributed by atoms with E-state index in [1.54, 1.807) is 0 Å². The van der Waals surface area contributed by atoms with Crippen molar-refractivity contribution in [2.45, 2.75) is 26.3 Å². The predicted molar refractivity (Wildman–Crippen MR) is 98.2 cm³/mol. The van der Waals surface area contributed by atoms with E-state index in [4.69, 9.17) is 9.26 Å². The zero-order chi connectivity index (χ0) is 18.3. The lowest BCUT2D eigenvalue weighted by Crippen LogP contribution is -2.41. The average molecular weight is 353 g/mol. The molecule has 1 saturated heterocycles. The van der Waals surface area contributed by atoms with E-state index in [1.807, 2.05) is 49.7 Å². The highest BCUT2D eigenvalue weighted by molar-refractivity contribution is 6.01. The number of nitrogens with zero attached hydrogens (tertiary/aromatic N) is 2. The van der Waals surface area contributed by atoms with Crippen molar-refractivity contribution in [3.05, 3.63) is 53.0 Å². The number of para-hydroxylation sites is 1. The smallest absolute Gasteiger partial charge is 0.268 e. The molecular weight excluding hydrogens is 330 g/mol. The molecule has 0 unspecified atom stereocenters. The lowest BCUT2D eigenvalue weighted by atomic mass is 9.98. The van der Waals surface area contributed by atoms with Crippen molar-refractivity contribution < 1.29 is 14.1 Å². The van der Waals surface area contributed by atoms with Crippen molar-refractivity contribution in [3.8, 4) is 0 Å². The van der Waals surface area contributed by atoms with Crippen LogP contribution in [0.25, 0.3) is 10.9 Å². The van der Waals surface area contributed by atoms with Gasteiger partial charge in [-0.3, -0.25) is 4.79 Å². The van der Waals surface area contributed by atoms with Gasteiger partial charge in [-0.05, 0) is 25.5 Å². The molecule has 2 atom stereocenters. The van der Waals surface area contributed by atoms with Gasteiger partial charge in [-0.25, -0.2) is 0 Å². The van der Waals surface area contributed by atoms with E-state index < -0.39 is 0 Å². The number of ether oxygens (including phenoxy) is 1. The maximum Gasteiger partial charge on any atom is 0.268 e. The molecule has 0 saturated carbocycles. The summed E-state index contributed by atoms with van der Waals surface area (Å²) in [5.74, 6) is 0.953. The molecule has 1 aliphatic heterocycles. The maximum atomic E-state index is 13.0. The highest BCUT2D eigenvalue weighted by Gasteiger charge is 2.32. The topological polar surface area (TPSA) is 69.3 Å². The number of fused-ring (bicyclic) bond motifs is 1. The minimum absolute atomic E-state index is 0.0367. The number of carbonyl (C=O) groups is 1. The molecule has 1 N–H and O–H groups in total. The molecule has 0 spiro atoms. The molecule has 0 bridgehead atoms. The molecule has 3 aromatic rings. The Labute approximate surface area is 152 Å². The van der Waals surface area contributed by atoms with Crippen molar-refractivity contribution in [2.24, 2.45) is 13.0 Å². The monoisotopic (exact) mass is 353 g/mol. The highest BCUT2D eigenvalue weighted by atomic mass is 16.5. The van der Waals surface area contributed by atoms with Crippen molar-refractivity contribution in [2.75, 3.05) is 13.2 Å². The summed E-state index contributed by atoms with van der Waals surface area (Å²) in [6.07, 6.45) is 0.708. The third-order valence-electron chi connectivity index (χ3n) is 5.23. The maximum absolute atomic E-state index is 13.0. The van der Waals surface area contributed by atoms with Crippen LogP contribution in [-0.2, 0) is 18.2 Å².